The van der Waals surface area contributed by atoms with Crippen LogP contribution >= 0.6 is 0 Å². The van der Waals surface area contributed by atoms with Gasteiger partial charge >= 0.3 is 30.0 Å². The molecule has 2 saturated carbocycles. The van der Waals surface area contributed by atoms with E-state index in [1.807, 2.05) is 0 Å². The van der Waals surface area contributed by atoms with Gasteiger partial charge in [-0.05, 0) is 69.9 Å². The normalized spacial score (nSPS) is 29.4. The Balaban J connectivity index is 1.51. The van der Waals surface area contributed by atoms with Gasteiger partial charge in [0.25, 0.3) is 0 Å². The molecule has 19 heteroatoms. The molecule has 71 heavy (non-hydrogen) atoms. The highest BCUT2D eigenvalue weighted by atomic mass is 16.6. The van der Waals surface area contributed by atoms with Crippen LogP contribution in [0.2, 0.25) is 0 Å². The maximum atomic E-state index is 15.3. The molecule has 1 aliphatic heterocycles. The largest absolute Gasteiger partial charge is 0.455 e. The molecule has 0 radical (unpaired) electrons. The van der Waals surface area contributed by atoms with Gasteiger partial charge in [-0.1, -0.05) is 62.4 Å². The van der Waals surface area contributed by atoms with E-state index in [9.17, 15) is 39.3 Å². The molecular weight excluding hydrogens is 925 g/mol. The summed E-state index contributed by atoms with van der Waals surface area (Å²) in [6, 6.07) is 14.0. The van der Waals surface area contributed by atoms with Gasteiger partial charge < -0.3 is 59.1 Å². The summed E-state index contributed by atoms with van der Waals surface area (Å²) in [5, 5.41) is 42.9. The number of esters is 4. The van der Waals surface area contributed by atoms with Crippen molar-refractivity contribution < 1.29 is 82.0 Å². The number of rotatable bonds is 16. The van der Waals surface area contributed by atoms with Crippen LogP contribution in [-0.2, 0) is 57.1 Å². The number of unbranched alkanes of at least 4 members (excludes halogenated alkanes) is 1. The molecule has 11 atom stereocenters. The Hall–Kier alpha value is -6.17. The Labute approximate surface area is 412 Å². The highest BCUT2D eigenvalue weighted by molar-refractivity contribution is 5.94. The minimum absolute atomic E-state index is 0.00139. The number of carbonyl (C=O) groups is 7. The number of terminal acetylenes is 1. The molecule has 5 N–H and O–H groups in total. The molecule has 2 aromatic rings. The number of amides is 2. The Kier molecular flexibility index (Phi) is 16.2. The second kappa shape index (κ2) is 21.3. The molecule has 0 spiro atoms. The van der Waals surface area contributed by atoms with Crippen LogP contribution in [0.1, 0.15) is 103 Å². The number of Topliss-reactive ketones (excluding diaryl/α,β-unsaturated/α-hetero) is 1. The van der Waals surface area contributed by atoms with Gasteiger partial charge in [0.15, 0.2) is 17.0 Å². The fourth-order valence-electron chi connectivity index (χ4n) is 10.8. The third-order valence-electron chi connectivity index (χ3n) is 13.8. The molecule has 19 nitrogen and oxygen atoms in total. The zero-order valence-electron chi connectivity index (χ0n) is 41.2. The summed E-state index contributed by atoms with van der Waals surface area (Å²) in [6.07, 6.45) is -6.38. The molecule has 1 saturated heterocycles. The van der Waals surface area contributed by atoms with Crippen LogP contribution in [-0.4, -0.2) is 137 Å². The van der Waals surface area contributed by atoms with Gasteiger partial charge in [0.1, 0.15) is 49.3 Å². The van der Waals surface area contributed by atoms with E-state index in [-0.39, 0.29) is 35.2 Å². The van der Waals surface area contributed by atoms with Gasteiger partial charge in [-0.3, -0.25) is 14.4 Å². The van der Waals surface area contributed by atoms with Crippen molar-refractivity contribution in [2.45, 2.75) is 141 Å². The van der Waals surface area contributed by atoms with Gasteiger partial charge in [-0.15, -0.1) is 12.3 Å². The number of aliphatic hydroxyl groups is 3. The van der Waals surface area contributed by atoms with Crippen molar-refractivity contribution in [1.29, 1.82) is 0 Å². The van der Waals surface area contributed by atoms with E-state index in [1.165, 1.54) is 52.0 Å². The number of hydrogen-bond donors (Lipinski definition) is 5. The zero-order chi connectivity index (χ0) is 52.3. The number of carbonyl (C=O) groups excluding carboxylic acids is 7. The molecule has 1 unspecified atom stereocenters. The molecule has 384 valence electrons. The summed E-state index contributed by atoms with van der Waals surface area (Å²) >= 11 is 0. The fourth-order valence-corrected chi connectivity index (χ4v) is 10.8. The average Bonchev–Trinajstić information content (AvgIpc) is 3.34. The van der Waals surface area contributed by atoms with E-state index in [1.54, 1.807) is 57.2 Å². The second-order valence-electron chi connectivity index (χ2n) is 20.2. The predicted octanol–water partition coefficient (Wildman–Crippen LogP) is 3.36. The highest BCUT2D eigenvalue weighted by Gasteiger charge is 2.80. The van der Waals surface area contributed by atoms with Gasteiger partial charge in [-0.2, -0.15) is 0 Å². The highest BCUT2D eigenvalue weighted by Crippen LogP contribution is 2.65. The minimum atomic E-state index is -2.47. The van der Waals surface area contributed by atoms with E-state index in [2.05, 4.69) is 16.6 Å². The van der Waals surface area contributed by atoms with Crippen molar-refractivity contribution >= 4 is 41.7 Å². The molecule has 4 aliphatic rings. The van der Waals surface area contributed by atoms with Crippen molar-refractivity contribution in [2.24, 2.45) is 16.7 Å². The van der Waals surface area contributed by atoms with Crippen LogP contribution in [0.3, 0.4) is 0 Å². The number of aliphatic hydroxyl groups excluding tert-OH is 3. The van der Waals surface area contributed by atoms with Crippen molar-refractivity contribution in [1.82, 2.24) is 10.6 Å². The minimum Gasteiger partial charge on any atom is -0.455 e. The Morgan fingerprint density at radius 2 is 1.58 bits per heavy atom. The lowest BCUT2D eigenvalue weighted by Crippen LogP contribution is -2.82. The van der Waals surface area contributed by atoms with Gasteiger partial charge in [0.2, 0.25) is 12.0 Å². The van der Waals surface area contributed by atoms with Crippen LogP contribution in [0.15, 0.2) is 71.8 Å². The maximum Gasteiger partial charge on any atom is 0.408 e. The Morgan fingerprint density at radius 1 is 0.930 bits per heavy atom. The number of fused-ring (bicyclic) bond motifs is 7. The summed E-state index contributed by atoms with van der Waals surface area (Å²) in [5.74, 6) is -5.15. The Morgan fingerprint density at radius 3 is 2.17 bits per heavy atom. The molecule has 6 rings (SSSR count). The lowest BCUT2D eigenvalue weighted by atomic mass is 9.45. The molecule has 2 aromatic carbocycles. The summed E-state index contributed by atoms with van der Waals surface area (Å²) in [5.41, 5.74) is -9.21. The Bertz CT molecular complexity index is 2430. The number of ketones is 1. The van der Waals surface area contributed by atoms with E-state index >= 15 is 9.59 Å². The van der Waals surface area contributed by atoms with Crippen LogP contribution in [0.5, 0.6) is 0 Å². The SMILES string of the molecule is C#CCCCNC(=O)COCC(=O)O[C@@H](C(=O)O[C@H]1CC2(OC(=O)c3ccccc3)[C@@H]3[C@]4(OC(C)=O)CO[C@@H]4C[C@H](O)[C@@]3(C)C(=O)[C@H](O)C(=C1C)C(C)(C)[C@@H]2O)[C@@H](NC(=O)OC(C)(C)C)c1ccccc1. The van der Waals surface area contributed by atoms with Crippen LogP contribution in [0, 0.1) is 29.1 Å². The number of ether oxygens (including phenoxy) is 7. The van der Waals surface area contributed by atoms with Crippen molar-refractivity contribution in [3.8, 4) is 12.3 Å². The van der Waals surface area contributed by atoms with Crippen LogP contribution < -0.4 is 10.6 Å². The molecule has 2 bridgehead atoms. The molecule has 3 aliphatic carbocycles. The summed E-state index contributed by atoms with van der Waals surface area (Å²) in [4.78, 5) is 98.1. The second-order valence-corrected chi connectivity index (χ2v) is 20.2. The first-order chi connectivity index (χ1) is 33.3. The third-order valence-corrected chi connectivity index (χ3v) is 13.8. The summed E-state index contributed by atoms with van der Waals surface area (Å²) in [7, 11) is 0. The van der Waals surface area contributed by atoms with E-state index in [0.717, 1.165) is 6.92 Å². The molecule has 1 heterocycles. The van der Waals surface area contributed by atoms with Crippen molar-refractivity contribution in [3.05, 3.63) is 82.9 Å². The maximum absolute atomic E-state index is 15.3. The van der Waals surface area contributed by atoms with E-state index in [0.29, 0.717) is 12.8 Å². The average molecular weight is 989 g/mol. The first-order valence-electron chi connectivity index (χ1n) is 23.5. The number of benzene rings is 2. The number of alkyl carbamates (subject to hydrolysis) is 1. The third kappa shape index (κ3) is 10.9. The van der Waals surface area contributed by atoms with Crippen molar-refractivity contribution in [2.75, 3.05) is 26.4 Å². The topological polar surface area (TPSA) is 269 Å². The fraction of sp³-hybridized carbons (Fsp3) is 0.558. The number of hydrogen-bond acceptors (Lipinski definition) is 17. The monoisotopic (exact) mass is 988 g/mol. The van der Waals surface area contributed by atoms with Crippen molar-refractivity contribution in [3.63, 3.8) is 0 Å². The van der Waals surface area contributed by atoms with Crippen LogP contribution in [0.4, 0.5) is 4.79 Å². The lowest BCUT2D eigenvalue weighted by Gasteiger charge is -2.67. The smallest absolute Gasteiger partial charge is 0.408 e. The first-order valence-corrected chi connectivity index (χ1v) is 23.5. The summed E-state index contributed by atoms with van der Waals surface area (Å²) < 4.78 is 41.8. The lowest BCUT2D eigenvalue weighted by molar-refractivity contribution is -0.355. The standard InChI is InChI=1S/C52H64N2O17/c1-10-11-18-23-53-36(57)26-65-27-37(58)68-41(39(31-19-14-12-15-20-31)54-47(64)71-48(4,5)6)44(62)67-33-25-51(70-43(61)32-21-16-13-17-22-32)45-50(9,34(56)24-35-52(45,28-66-35)69-30(3)55)42(60)40(59)38(29(33)2)49(7,8)46(51)63/h1,12-17,19-22,33-35,39-41,45-46,56,59,63H,11,18,23-28H2,2-9H3,(H,53,57)(H,54,64)/t33-,34-,35+,39-,40+,41+,45+,46-,50-,51?,52-/m0/s1. The molecule has 3 fully saturated rings. The van der Waals surface area contributed by atoms with E-state index < -0.39 is 144 Å². The van der Waals surface area contributed by atoms with Gasteiger partial charge in [0, 0.05) is 38.1 Å². The van der Waals surface area contributed by atoms with E-state index in [4.69, 9.17) is 39.6 Å². The molecular formula is C52H64N2O17. The molecule has 2 amide bonds. The predicted molar refractivity (Wildman–Crippen MR) is 249 cm³/mol. The van der Waals surface area contributed by atoms with Gasteiger partial charge in [0.05, 0.1) is 29.6 Å². The van der Waals surface area contributed by atoms with Crippen LogP contribution in [0.25, 0.3) is 0 Å². The summed E-state index contributed by atoms with van der Waals surface area (Å²) in [6.45, 7) is 10.1. The first kappa shape index (κ1) is 54.2. The molecule has 0 aromatic heterocycles. The van der Waals surface area contributed by atoms with Gasteiger partial charge in [-0.25, -0.2) is 19.2 Å². The zero-order valence-corrected chi connectivity index (χ0v) is 41.2. The quantitative estimate of drug-likeness (QED) is 0.0531. The number of nitrogens with one attached hydrogen (secondary N) is 2.